The average molecular weight is 278 g/mol. The summed E-state index contributed by atoms with van der Waals surface area (Å²) in [6.45, 7) is 1.77. The molecule has 1 aromatic rings. The number of thioether (sulfide) groups is 1. The van der Waals surface area contributed by atoms with Crippen LogP contribution in [0.15, 0.2) is 30.3 Å². The van der Waals surface area contributed by atoms with E-state index in [-0.39, 0.29) is 0 Å². The molecule has 19 heavy (non-hydrogen) atoms. The molecule has 1 saturated heterocycles. The molecule has 3 nitrogen and oxygen atoms in total. The minimum atomic E-state index is -0.917. The van der Waals surface area contributed by atoms with Crippen LogP contribution >= 0.6 is 11.8 Å². The fourth-order valence-electron chi connectivity index (χ4n) is 1.95. The van der Waals surface area contributed by atoms with Crippen LogP contribution in [0.3, 0.4) is 0 Å². The van der Waals surface area contributed by atoms with E-state index in [9.17, 15) is 4.79 Å². The fraction of sp³-hybridized carbons (Fsp3) is 0.400. The van der Waals surface area contributed by atoms with Crippen molar-refractivity contribution in [2.24, 2.45) is 0 Å². The summed E-state index contributed by atoms with van der Waals surface area (Å²) in [5, 5.41) is 9.27. The molecule has 0 spiro atoms. The number of aliphatic carboxylic acids is 1. The van der Waals surface area contributed by atoms with Gasteiger partial charge in [-0.15, -0.1) is 0 Å². The minimum absolute atomic E-state index is 0.709. The summed E-state index contributed by atoms with van der Waals surface area (Å²) in [5.41, 5.74) is 2.20. The zero-order valence-corrected chi connectivity index (χ0v) is 11.6. The smallest absolute Gasteiger partial charge is 0.328 e. The van der Waals surface area contributed by atoms with Crippen LogP contribution in [0.2, 0.25) is 0 Å². The first-order valence-electron chi connectivity index (χ1n) is 6.43. The van der Waals surface area contributed by atoms with Gasteiger partial charge in [-0.25, -0.2) is 4.79 Å². The van der Waals surface area contributed by atoms with Gasteiger partial charge >= 0.3 is 5.97 Å². The van der Waals surface area contributed by atoms with Crippen molar-refractivity contribution in [2.75, 3.05) is 13.2 Å². The van der Waals surface area contributed by atoms with Crippen molar-refractivity contribution >= 4 is 23.8 Å². The largest absolute Gasteiger partial charge is 0.478 e. The molecule has 0 atom stereocenters. The number of carboxylic acid groups (broad SMARTS) is 1. The third kappa shape index (κ3) is 5.09. The average Bonchev–Trinajstić information content (AvgIpc) is 2.45. The molecule has 0 aliphatic carbocycles. The van der Waals surface area contributed by atoms with Gasteiger partial charge in [0.2, 0.25) is 0 Å². The third-order valence-corrected chi connectivity index (χ3v) is 4.49. The van der Waals surface area contributed by atoms with Crippen molar-refractivity contribution in [3.63, 3.8) is 0 Å². The zero-order valence-electron chi connectivity index (χ0n) is 10.7. The lowest BCUT2D eigenvalue weighted by molar-refractivity contribution is -0.131. The number of carbonyl (C=O) groups is 1. The van der Waals surface area contributed by atoms with E-state index in [0.717, 1.165) is 43.4 Å². The number of benzene rings is 1. The van der Waals surface area contributed by atoms with E-state index in [1.165, 1.54) is 5.56 Å². The molecule has 1 N–H and O–H groups in total. The maximum absolute atomic E-state index is 10.4. The molecular weight excluding hydrogens is 260 g/mol. The van der Waals surface area contributed by atoms with Crippen LogP contribution in [0.25, 0.3) is 6.08 Å². The molecule has 4 heteroatoms. The highest BCUT2D eigenvalue weighted by Crippen LogP contribution is 2.25. The Hall–Kier alpha value is -1.26. The first-order valence-corrected chi connectivity index (χ1v) is 7.48. The molecule has 0 saturated carbocycles. The molecule has 0 bridgehead atoms. The van der Waals surface area contributed by atoms with E-state index in [4.69, 9.17) is 9.84 Å². The highest BCUT2D eigenvalue weighted by atomic mass is 32.2. The van der Waals surface area contributed by atoms with E-state index in [1.807, 2.05) is 23.9 Å². The maximum Gasteiger partial charge on any atom is 0.328 e. The fourth-order valence-corrected chi connectivity index (χ4v) is 3.10. The number of rotatable bonds is 5. The van der Waals surface area contributed by atoms with Gasteiger partial charge in [0, 0.05) is 30.3 Å². The molecule has 2 rings (SSSR count). The predicted molar refractivity (Wildman–Crippen MR) is 78.2 cm³/mol. The number of ether oxygens (including phenoxy) is 1. The Morgan fingerprint density at radius 3 is 2.63 bits per heavy atom. The lowest BCUT2D eigenvalue weighted by atomic mass is 10.1. The van der Waals surface area contributed by atoms with Crippen molar-refractivity contribution in [1.29, 1.82) is 0 Å². The Morgan fingerprint density at radius 1 is 1.32 bits per heavy atom. The quantitative estimate of drug-likeness (QED) is 0.840. The van der Waals surface area contributed by atoms with Crippen molar-refractivity contribution in [3.8, 4) is 0 Å². The van der Waals surface area contributed by atoms with Gasteiger partial charge in [0.15, 0.2) is 0 Å². The SMILES string of the molecule is O=C(O)/C=C/c1ccc(CSC2CCOCC2)cc1. The Bertz CT molecular complexity index is 433. The zero-order chi connectivity index (χ0) is 13.5. The highest BCUT2D eigenvalue weighted by Gasteiger charge is 2.13. The molecule has 1 aliphatic rings. The number of carboxylic acids is 1. The normalized spacial score (nSPS) is 16.8. The van der Waals surface area contributed by atoms with Gasteiger partial charge in [-0.1, -0.05) is 24.3 Å². The molecule has 0 amide bonds. The minimum Gasteiger partial charge on any atom is -0.478 e. The Balaban J connectivity index is 1.82. The van der Waals surface area contributed by atoms with Crippen LogP contribution in [0.1, 0.15) is 24.0 Å². The molecule has 102 valence electrons. The lowest BCUT2D eigenvalue weighted by Gasteiger charge is -2.21. The van der Waals surface area contributed by atoms with Gasteiger partial charge in [-0.3, -0.25) is 0 Å². The standard InChI is InChI=1S/C15H18O3S/c16-15(17)6-5-12-1-3-13(4-2-12)11-19-14-7-9-18-10-8-14/h1-6,14H,7-11H2,(H,16,17)/b6-5+. The van der Waals surface area contributed by atoms with Crippen molar-refractivity contribution in [2.45, 2.75) is 23.8 Å². The van der Waals surface area contributed by atoms with Gasteiger partial charge < -0.3 is 9.84 Å². The summed E-state index contributed by atoms with van der Waals surface area (Å²) in [4.78, 5) is 10.4. The van der Waals surface area contributed by atoms with Crippen LogP contribution in [0.4, 0.5) is 0 Å². The number of hydrogen-bond acceptors (Lipinski definition) is 3. The molecule has 1 aliphatic heterocycles. The molecule has 0 radical (unpaired) electrons. The Morgan fingerprint density at radius 2 is 2.00 bits per heavy atom. The van der Waals surface area contributed by atoms with Gasteiger partial charge in [0.05, 0.1) is 0 Å². The van der Waals surface area contributed by atoms with Crippen molar-refractivity contribution in [3.05, 3.63) is 41.5 Å². The second-order valence-corrected chi connectivity index (χ2v) is 5.82. The molecule has 0 unspecified atom stereocenters. The van der Waals surface area contributed by atoms with Crippen LogP contribution in [-0.2, 0) is 15.3 Å². The van der Waals surface area contributed by atoms with E-state index in [1.54, 1.807) is 6.08 Å². The van der Waals surface area contributed by atoms with Crippen LogP contribution in [-0.4, -0.2) is 29.5 Å². The summed E-state index contributed by atoms with van der Waals surface area (Å²) in [7, 11) is 0. The molecule has 1 fully saturated rings. The molecular formula is C15H18O3S. The summed E-state index contributed by atoms with van der Waals surface area (Å²) < 4.78 is 5.34. The second kappa shape index (κ2) is 7.36. The van der Waals surface area contributed by atoms with Crippen LogP contribution in [0.5, 0.6) is 0 Å². The van der Waals surface area contributed by atoms with Crippen molar-refractivity contribution in [1.82, 2.24) is 0 Å². The maximum atomic E-state index is 10.4. The molecule has 0 aromatic heterocycles. The van der Waals surface area contributed by atoms with E-state index >= 15 is 0 Å². The second-order valence-electron chi connectivity index (χ2n) is 4.54. The van der Waals surface area contributed by atoms with Gasteiger partial charge in [-0.2, -0.15) is 11.8 Å². The topological polar surface area (TPSA) is 46.5 Å². The monoisotopic (exact) mass is 278 g/mol. The summed E-state index contributed by atoms with van der Waals surface area (Å²) in [5.74, 6) is 0.0901. The van der Waals surface area contributed by atoms with Gasteiger partial charge in [-0.05, 0) is 30.0 Å². The number of hydrogen-bond donors (Lipinski definition) is 1. The third-order valence-electron chi connectivity index (χ3n) is 3.05. The van der Waals surface area contributed by atoms with Crippen LogP contribution in [0, 0.1) is 0 Å². The summed E-state index contributed by atoms with van der Waals surface area (Å²) in [6.07, 6.45) is 5.05. The first kappa shape index (κ1) is 14.2. The predicted octanol–water partition coefficient (Wildman–Crippen LogP) is 3.20. The van der Waals surface area contributed by atoms with Crippen LogP contribution < -0.4 is 0 Å². The van der Waals surface area contributed by atoms with Gasteiger partial charge in [0.1, 0.15) is 0 Å². The molecule has 1 aromatic carbocycles. The highest BCUT2D eigenvalue weighted by molar-refractivity contribution is 7.99. The molecule has 1 heterocycles. The summed E-state index contributed by atoms with van der Waals surface area (Å²) >= 11 is 1.98. The Labute approximate surface area is 117 Å². The summed E-state index contributed by atoms with van der Waals surface area (Å²) in [6, 6.07) is 8.04. The Kier molecular flexibility index (Phi) is 5.48. The van der Waals surface area contributed by atoms with Gasteiger partial charge in [0.25, 0.3) is 0 Å². The van der Waals surface area contributed by atoms with Crippen molar-refractivity contribution < 1.29 is 14.6 Å². The van der Waals surface area contributed by atoms with E-state index in [2.05, 4.69) is 12.1 Å². The first-order chi connectivity index (χ1) is 9.24. The lowest BCUT2D eigenvalue weighted by Crippen LogP contribution is -2.17. The van der Waals surface area contributed by atoms with E-state index in [0.29, 0.717) is 5.25 Å². The van der Waals surface area contributed by atoms with E-state index < -0.39 is 5.97 Å².